The number of amides is 1. The van der Waals surface area contributed by atoms with Gasteiger partial charge in [0.05, 0.1) is 25.3 Å². The summed E-state index contributed by atoms with van der Waals surface area (Å²) in [7, 11) is 1.64. The van der Waals surface area contributed by atoms with E-state index in [1.807, 2.05) is 27.9 Å². The molecule has 0 N–H and O–H groups in total. The Morgan fingerprint density at radius 2 is 2.23 bits per heavy atom. The van der Waals surface area contributed by atoms with Gasteiger partial charge in [0.1, 0.15) is 17.0 Å². The number of aromatic nitrogens is 3. The lowest BCUT2D eigenvalue weighted by atomic mass is 9.99. The topological polar surface area (TPSA) is 69.5 Å². The monoisotopic (exact) mass is 356 g/mol. The Balaban J connectivity index is 1.50. The Bertz CT molecular complexity index is 830. The van der Waals surface area contributed by atoms with Gasteiger partial charge in [-0.2, -0.15) is 0 Å². The van der Waals surface area contributed by atoms with Crippen LogP contribution in [0.1, 0.15) is 31.9 Å². The van der Waals surface area contributed by atoms with Crippen molar-refractivity contribution in [2.24, 2.45) is 0 Å². The molecule has 0 bridgehead atoms. The maximum absolute atomic E-state index is 12.1. The smallest absolute Gasteiger partial charge is 0.224 e. The third-order valence-corrected chi connectivity index (χ3v) is 5.00. The molecule has 1 aromatic heterocycles. The number of carbonyl (C=O) groups is 1. The molecule has 1 atom stereocenters. The Morgan fingerprint density at radius 1 is 1.38 bits per heavy atom. The van der Waals surface area contributed by atoms with E-state index in [2.05, 4.69) is 30.2 Å². The van der Waals surface area contributed by atoms with Crippen LogP contribution < -0.4 is 4.74 Å². The number of methoxy groups -OCH3 is 1. The van der Waals surface area contributed by atoms with Crippen molar-refractivity contribution in [2.45, 2.75) is 38.3 Å². The van der Waals surface area contributed by atoms with Crippen molar-refractivity contribution in [1.82, 2.24) is 19.9 Å². The van der Waals surface area contributed by atoms with Crippen LogP contribution in [0.3, 0.4) is 0 Å². The van der Waals surface area contributed by atoms with E-state index in [0.29, 0.717) is 26.1 Å². The summed E-state index contributed by atoms with van der Waals surface area (Å²) in [5, 5.41) is 8.59. The van der Waals surface area contributed by atoms with Crippen LogP contribution in [-0.4, -0.2) is 58.2 Å². The van der Waals surface area contributed by atoms with Gasteiger partial charge in [0, 0.05) is 32.2 Å². The minimum Gasteiger partial charge on any atom is -0.487 e. The van der Waals surface area contributed by atoms with Gasteiger partial charge in [-0.05, 0) is 37.6 Å². The molecule has 1 aromatic carbocycles. The lowest BCUT2D eigenvalue weighted by Gasteiger charge is -2.16. The van der Waals surface area contributed by atoms with Gasteiger partial charge in [0.2, 0.25) is 5.91 Å². The van der Waals surface area contributed by atoms with Crippen molar-refractivity contribution in [3.8, 4) is 17.0 Å². The summed E-state index contributed by atoms with van der Waals surface area (Å²) in [6.45, 7) is 6.00. The molecule has 138 valence electrons. The fourth-order valence-corrected chi connectivity index (χ4v) is 3.70. The first-order valence-electron chi connectivity index (χ1n) is 8.96. The quantitative estimate of drug-likeness (QED) is 0.820. The molecule has 3 heterocycles. The summed E-state index contributed by atoms with van der Waals surface area (Å²) in [6.07, 6.45) is 3.27. The van der Waals surface area contributed by atoms with E-state index in [0.717, 1.165) is 23.4 Å². The molecule has 0 saturated carbocycles. The van der Waals surface area contributed by atoms with E-state index < -0.39 is 0 Å². The Morgan fingerprint density at radius 3 is 3.04 bits per heavy atom. The summed E-state index contributed by atoms with van der Waals surface area (Å²) >= 11 is 0. The number of nitrogens with zero attached hydrogens (tertiary/aromatic N) is 4. The van der Waals surface area contributed by atoms with E-state index in [4.69, 9.17) is 9.47 Å². The van der Waals surface area contributed by atoms with Gasteiger partial charge in [-0.15, -0.1) is 5.10 Å². The molecule has 2 aliphatic heterocycles. The maximum atomic E-state index is 12.1. The molecule has 2 aliphatic rings. The van der Waals surface area contributed by atoms with Crippen molar-refractivity contribution < 1.29 is 14.3 Å². The van der Waals surface area contributed by atoms with Crippen LogP contribution in [0.2, 0.25) is 0 Å². The highest BCUT2D eigenvalue weighted by Crippen LogP contribution is 2.37. The first kappa shape index (κ1) is 17.0. The lowest BCUT2D eigenvalue weighted by molar-refractivity contribution is -0.128. The average Bonchev–Trinajstić information content (AvgIpc) is 3.27. The average molecular weight is 356 g/mol. The molecule has 2 aromatic rings. The largest absolute Gasteiger partial charge is 0.487 e. The third-order valence-electron chi connectivity index (χ3n) is 5.00. The number of rotatable bonds is 5. The fraction of sp³-hybridized carbons (Fsp3) is 0.526. The van der Waals surface area contributed by atoms with Crippen LogP contribution in [0.4, 0.5) is 0 Å². The number of hydrogen-bond acceptors (Lipinski definition) is 5. The Kier molecular flexibility index (Phi) is 4.19. The van der Waals surface area contributed by atoms with Crippen molar-refractivity contribution in [2.75, 3.05) is 26.8 Å². The number of carbonyl (C=O) groups excluding carboxylic acids is 1. The summed E-state index contributed by atoms with van der Waals surface area (Å²) in [4.78, 5) is 13.9. The molecule has 26 heavy (non-hydrogen) atoms. The molecular formula is C19H24N4O3. The highest BCUT2D eigenvalue weighted by atomic mass is 16.5. The highest BCUT2D eigenvalue weighted by Gasteiger charge is 2.32. The summed E-state index contributed by atoms with van der Waals surface area (Å²) in [5.74, 6) is 1.09. The maximum Gasteiger partial charge on any atom is 0.224 e. The SMILES string of the molecule is COCCN1C[C@H](n2cc(-c3ccc4c(c3)CC(C)(C)O4)nn2)CC1=O. The molecule has 1 fully saturated rings. The minimum atomic E-state index is -0.158. The molecule has 0 aliphatic carbocycles. The molecule has 7 nitrogen and oxygen atoms in total. The van der Waals surface area contributed by atoms with E-state index in [-0.39, 0.29) is 17.6 Å². The van der Waals surface area contributed by atoms with E-state index in [9.17, 15) is 4.79 Å². The van der Waals surface area contributed by atoms with Gasteiger partial charge < -0.3 is 14.4 Å². The molecule has 0 unspecified atom stereocenters. The zero-order valence-corrected chi connectivity index (χ0v) is 15.4. The van der Waals surface area contributed by atoms with Gasteiger partial charge >= 0.3 is 0 Å². The first-order chi connectivity index (χ1) is 12.4. The number of ether oxygens (including phenoxy) is 2. The standard InChI is InChI=1S/C19H24N4O3/c1-19(2)10-14-8-13(4-5-17(14)26-19)16-12-23(21-20-16)15-9-18(24)22(11-15)6-7-25-3/h4-5,8,12,15H,6-7,9-11H2,1-3H3/t15-/m1/s1. The highest BCUT2D eigenvalue weighted by molar-refractivity contribution is 5.79. The summed E-state index contributed by atoms with van der Waals surface area (Å²) < 4.78 is 12.8. The number of hydrogen-bond donors (Lipinski definition) is 0. The Hall–Kier alpha value is -2.41. The van der Waals surface area contributed by atoms with Gasteiger partial charge in [-0.1, -0.05) is 5.21 Å². The molecule has 0 spiro atoms. The normalized spacial score (nSPS) is 21.1. The van der Waals surface area contributed by atoms with Crippen molar-refractivity contribution in [3.05, 3.63) is 30.0 Å². The molecular weight excluding hydrogens is 332 g/mol. The Labute approximate surface area is 152 Å². The number of benzene rings is 1. The van der Waals surface area contributed by atoms with E-state index in [1.54, 1.807) is 7.11 Å². The van der Waals surface area contributed by atoms with Crippen molar-refractivity contribution in [1.29, 1.82) is 0 Å². The lowest BCUT2D eigenvalue weighted by Crippen LogP contribution is -2.29. The van der Waals surface area contributed by atoms with Crippen molar-refractivity contribution >= 4 is 5.91 Å². The molecule has 7 heteroatoms. The van der Waals surface area contributed by atoms with Crippen LogP contribution >= 0.6 is 0 Å². The second-order valence-electron chi connectivity index (χ2n) is 7.64. The van der Waals surface area contributed by atoms with E-state index >= 15 is 0 Å². The zero-order chi connectivity index (χ0) is 18.3. The molecule has 1 saturated heterocycles. The van der Waals surface area contributed by atoms with Crippen LogP contribution in [0.25, 0.3) is 11.3 Å². The molecule has 4 rings (SSSR count). The predicted molar refractivity (Wildman–Crippen MR) is 96.0 cm³/mol. The zero-order valence-electron chi connectivity index (χ0n) is 15.4. The van der Waals surface area contributed by atoms with Crippen LogP contribution in [0.5, 0.6) is 5.75 Å². The van der Waals surface area contributed by atoms with Crippen LogP contribution in [0.15, 0.2) is 24.4 Å². The van der Waals surface area contributed by atoms with Crippen molar-refractivity contribution in [3.63, 3.8) is 0 Å². The second-order valence-corrected chi connectivity index (χ2v) is 7.64. The van der Waals surface area contributed by atoms with Gasteiger partial charge in [0.25, 0.3) is 0 Å². The first-order valence-corrected chi connectivity index (χ1v) is 8.96. The third kappa shape index (κ3) is 3.19. The van der Waals surface area contributed by atoms with Gasteiger partial charge in [-0.25, -0.2) is 4.68 Å². The molecule has 0 radical (unpaired) electrons. The molecule has 1 amide bonds. The van der Waals surface area contributed by atoms with Crippen LogP contribution in [0, 0.1) is 0 Å². The number of fused-ring (bicyclic) bond motifs is 1. The fourth-order valence-electron chi connectivity index (χ4n) is 3.70. The predicted octanol–water partition coefficient (Wildman–Crippen LogP) is 2.08. The van der Waals surface area contributed by atoms with Crippen LogP contribution in [-0.2, 0) is 16.0 Å². The van der Waals surface area contributed by atoms with Gasteiger partial charge in [0.15, 0.2) is 0 Å². The summed E-state index contributed by atoms with van der Waals surface area (Å²) in [5.41, 5.74) is 2.88. The number of likely N-dealkylation sites (tertiary alicyclic amines) is 1. The van der Waals surface area contributed by atoms with Gasteiger partial charge in [-0.3, -0.25) is 4.79 Å². The minimum absolute atomic E-state index is 0.0253. The second kappa shape index (κ2) is 6.39. The van der Waals surface area contributed by atoms with E-state index in [1.165, 1.54) is 5.56 Å². The summed E-state index contributed by atoms with van der Waals surface area (Å²) in [6, 6.07) is 6.17.